The molecule has 0 radical (unpaired) electrons. The second-order valence-electron chi connectivity index (χ2n) is 5.31. The molecule has 6 nitrogen and oxygen atoms in total. The Kier molecular flexibility index (Phi) is 4.97. The number of amides is 1. The Morgan fingerprint density at radius 3 is 2.62 bits per heavy atom. The van der Waals surface area contributed by atoms with E-state index < -0.39 is 10.0 Å². The van der Waals surface area contributed by atoms with Crippen molar-refractivity contribution in [3.63, 3.8) is 0 Å². The van der Waals surface area contributed by atoms with Crippen LogP contribution in [-0.4, -0.2) is 44.0 Å². The van der Waals surface area contributed by atoms with Gasteiger partial charge in [-0.05, 0) is 30.5 Å². The molecular weight excluding hydrogens is 290 g/mol. The zero-order valence-corrected chi connectivity index (χ0v) is 12.9. The average molecular weight is 311 g/mol. The maximum absolute atomic E-state index is 12.2. The number of nitrogens with two attached hydrogens (primary N) is 1. The normalized spacial score (nSPS) is 17.6. The van der Waals surface area contributed by atoms with Crippen molar-refractivity contribution in [3.05, 3.63) is 35.4 Å². The molecule has 21 heavy (non-hydrogen) atoms. The van der Waals surface area contributed by atoms with E-state index in [0.717, 1.165) is 5.56 Å². The van der Waals surface area contributed by atoms with E-state index in [-0.39, 0.29) is 11.9 Å². The number of carbonyl (C=O) groups excluding carboxylic acids is 1. The molecule has 1 heterocycles. The van der Waals surface area contributed by atoms with Crippen molar-refractivity contribution in [3.8, 4) is 0 Å². The minimum absolute atomic E-state index is 0.0111. The van der Waals surface area contributed by atoms with Crippen LogP contribution in [-0.2, 0) is 16.6 Å². The summed E-state index contributed by atoms with van der Waals surface area (Å²) in [6, 6.07) is 7.23. The Bertz CT molecular complexity index is 608. The SMILES string of the molecule is CS(=O)(=O)N1CCC(NC(=O)c2cccc(CN)c2)CC1. The number of piperidine rings is 1. The van der Waals surface area contributed by atoms with Gasteiger partial charge >= 0.3 is 0 Å². The van der Waals surface area contributed by atoms with E-state index in [4.69, 9.17) is 5.73 Å². The average Bonchev–Trinajstić information content (AvgIpc) is 2.47. The first-order valence-corrected chi connectivity index (χ1v) is 8.80. The van der Waals surface area contributed by atoms with E-state index in [0.29, 0.717) is 38.0 Å². The quantitative estimate of drug-likeness (QED) is 0.836. The van der Waals surface area contributed by atoms with Crippen molar-refractivity contribution in [2.75, 3.05) is 19.3 Å². The standard InChI is InChI=1S/C14H21N3O3S/c1-21(19,20)17-7-5-13(6-8-17)16-14(18)12-4-2-3-11(9-12)10-15/h2-4,9,13H,5-8,10,15H2,1H3,(H,16,18). The number of nitrogens with zero attached hydrogens (tertiary/aromatic N) is 1. The highest BCUT2D eigenvalue weighted by Crippen LogP contribution is 2.14. The summed E-state index contributed by atoms with van der Waals surface area (Å²) in [4.78, 5) is 12.2. The summed E-state index contributed by atoms with van der Waals surface area (Å²) in [5, 5.41) is 2.96. The minimum atomic E-state index is -3.13. The Labute approximate surface area is 125 Å². The van der Waals surface area contributed by atoms with E-state index in [1.807, 2.05) is 12.1 Å². The molecule has 3 N–H and O–H groups in total. The van der Waals surface area contributed by atoms with Crippen molar-refractivity contribution in [1.29, 1.82) is 0 Å². The molecule has 0 aromatic heterocycles. The van der Waals surface area contributed by atoms with Gasteiger partial charge in [-0.3, -0.25) is 4.79 Å². The van der Waals surface area contributed by atoms with Gasteiger partial charge in [-0.2, -0.15) is 0 Å². The summed E-state index contributed by atoms with van der Waals surface area (Å²) < 4.78 is 24.3. The van der Waals surface area contributed by atoms with Crippen LogP contribution in [0.15, 0.2) is 24.3 Å². The molecule has 1 fully saturated rings. The zero-order chi connectivity index (χ0) is 15.5. The third-order valence-corrected chi connectivity index (χ3v) is 4.99. The molecule has 7 heteroatoms. The summed E-state index contributed by atoms with van der Waals surface area (Å²) in [6.07, 6.45) is 2.48. The molecule has 1 aliphatic rings. The number of rotatable bonds is 4. The van der Waals surface area contributed by atoms with Gasteiger partial charge in [-0.15, -0.1) is 0 Å². The maximum Gasteiger partial charge on any atom is 0.251 e. The maximum atomic E-state index is 12.2. The number of hydrogen-bond donors (Lipinski definition) is 2. The molecule has 0 unspecified atom stereocenters. The van der Waals surface area contributed by atoms with E-state index in [9.17, 15) is 13.2 Å². The van der Waals surface area contributed by atoms with E-state index in [1.165, 1.54) is 10.6 Å². The number of nitrogens with one attached hydrogen (secondary N) is 1. The Balaban J connectivity index is 1.92. The largest absolute Gasteiger partial charge is 0.349 e. The van der Waals surface area contributed by atoms with Crippen molar-refractivity contribution < 1.29 is 13.2 Å². The summed E-state index contributed by atoms with van der Waals surface area (Å²) in [5.74, 6) is -0.136. The molecule has 0 atom stereocenters. The molecule has 1 aromatic rings. The van der Waals surface area contributed by atoms with Crippen LogP contribution < -0.4 is 11.1 Å². The van der Waals surface area contributed by atoms with Crippen molar-refractivity contribution in [2.45, 2.75) is 25.4 Å². The second-order valence-corrected chi connectivity index (χ2v) is 7.30. The molecule has 1 aliphatic heterocycles. The van der Waals surface area contributed by atoms with Gasteiger partial charge in [-0.1, -0.05) is 12.1 Å². The Hall–Kier alpha value is -1.44. The van der Waals surface area contributed by atoms with Crippen LogP contribution in [0.2, 0.25) is 0 Å². The number of hydrogen-bond acceptors (Lipinski definition) is 4. The number of sulfonamides is 1. The minimum Gasteiger partial charge on any atom is -0.349 e. The molecule has 1 aromatic carbocycles. The van der Waals surface area contributed by atoms with Gasteiger partial charge in [0.05, 0.1) is 6.26 Å². The lowest BCUT2D eigenvalue weighted by Crippen LogP contribution is -2.46. The van der Waals surface area contributed by atoms with Gasteiger partial charge < -0.3 is 11.1 Å². The van der Waals surface area contributed by atoms with Gasteiger partial charge in [-0.25, -0.2) is 12.7 Å². The fourth-order valence-corrected chi connectivity index (χ4v) is 3.31. The van der Waals surface area contributed by atoms with Crippen molar-refractivity contribution >= 4 is 15.9 Å². The van der Waals surface area contributed by atoms with Crippen LogP contribution in [0.5, 0.6) is 0 Å². The van der Waals surface area contributed by atoms with Crippen LogP contribution >= 0.6 is 0 Å². The fraction of sp³-hybridized carbons (Fsp3) is 0.500. The Morgan fingerprint density at radius 1 is 1.38 bits per heavy atom. The summed E-state index contributed by atoms with van der Waals surface area (Å²) >= 11 is 0. The molecule has 0 saturated carbocycles. The summed E-state index contributed by atoms with van der Waals surface area (Å²) in [5.41, 5.74) is 7.06. The lowest BCUT2D eigenvalue weighted by molar-refractivity contribution is 0.0924. The first kappa shape index (κ1) is 15.9. The van der Waals surface area contributed by atoms with Crippen LogP contribution in [0, 0.1) is 0 Å². The van der Waals surface area contributed by atoms with E-state index in [2.05, 4.69) is 5.32 Å². The molecule has 1 saturated heterocycles. The number of benzene rings is 1. The first-order valence-electron chi connectivity index (χ1n) is 6.95. The van der Waals surface area contributed by atoms with Crippen LogP contribution in [0.25, 0.3) is 0 Å². The van der Waals surface area contributed by atoms with Crippen LogP contribution in [0.3, 0.4) is 0 Å². The predicted octanol–water partition coefficient (Wildman–Crippen LogP) is 0.299. The van der Waals surface area contributed by atoms with Gasteiger partial charge in [0.2, 0.25) is 10.0 Å². The molecule has 116 valence electrons. The summed E-state index contributed by atoms with van der Waals surface area (Å²) in [6.45, 7) is 1.30. The molecule has 0 bridgehead atoms. The molecule has 2 rings (SSSR count). The van der Waals surface area contributed by atoms with Crippen molar-refractivity contribution in [1.82, 2.24) is 9.62 Å². The monoisotopic (exact) mass is 311 g/mol. The zero-order valence-electron chi connectivity index (χ0n) is 12.1. The van der Waals surface area contributed by atoms with Gasteiger partial charge in [0.1, 0.15) is 0 Å². The van der Waals surface area contributed by atoms with E-state index in [1.54, 1.807) is 12.1 Å². The highest BCUT2D eigenvalue weighted by Gasteiger charge is 2.25. The smallest absolute Gasteiger partial charge is 0.251 e. The lowest BCUT2D eigenvalue weighted by Gasteiger charge is -2.30. The molecule has 1 amide bonds. The lowest BCUT2D eigenvalue weighted by atomic mass is 10.1. The highest BCUT2D eigenvalue weighted by atomic mass is 32.2. The predicted molar refractivity (Wildman–Crippen MR) is 81.2 cm³/mol. The topological polar surface area (TPSA) is 92.5 Å². The molecule has 0 aliphatic carbocycles. The van der Waals surface area contributed by atoms with Crippen LogP contribution in [0.4, 0.5) is 0 Å². The third-order valence-electron chi connectivity index (χ3n) is 3.68. The summed E-state index contributed by atoms with van der Waals surface area (Å²) in [7, 11) is -3.13. The van der Waals surface area contributed by atoms with Gasteiger partial charge in [0, 0.05) is 31.2 Å². The fourth-order valence-electron chi connectivity index (χ4n) is 2.44. The first-order chi connectivity index (χ1) is 9.90. The highest BCUT2D eigenvalue weighted by molar-refractivity contribution is 7.88. The number of carbonyl (C=O) groups is 1. The molecular formula is C14H21N3O3S. The van der Waals surface area contributed by atoms with Crippen molar-refractivity contribution in [2.24, 2.45) is 5.73 Å². The van der Waals surface area contributed by atoms with Crippen LogP contribution in [0.1, 0.15) is 28.8 Å². The van der Waals surface area contributed by atoms with Gasteiger partial charge in [0.25, 0.3) is 5.91 Å². The van der Waals surface area contributed by atoms with Gasteiger partial charge in [0.15, 0.2) is 0 Å². The molecule has 0 spiro atoms. The Morgan fingerprint density at radius 2 is 2.05 bits per heavy atom. The second kappa shape index (κ2) is 6.55. The van der Waals surface area contributed by atoms with E-state index >= 15 is 0 Å². The third kappa shape index (κ3) is 4.26.